The third-order valence-corrected chi connectivity index (χ3v) is 6.77. The third kappa shape index (κ3) is 6.58. The number of fused-ring (bicyclic) bond motifs is 3. The van der Waals surface area contributed by atoms with E-state index < -0.39 is 12.3 Å². The van der Waals surface area contributed by atoms with E-state index in [4.69, 9.17) is 15.2 Å². The highest BCUT2D eigenvalue weighted by Gasteiger charge is 2.20. The Morgan fingerprint density at radius 3 is 2.23 bits per heavy atom. The van der Waals surface area contributed by atoms with E-state index >= 15 is 0 Å². The van der Waals surface area contributed by atoms with E-state index in [2.05, 4.69) is 36.3 Å². The number of nitrogens with two attached hydrogens (primary N) is 1. The van der Waals surface area contributed by atoms with Crippen molar-refractivity contribution < 1.29 is 19.7 Å². The van der Waals surface area contributed by atoms with Crippen molar-refractivity contribution in [1.82, 2.24) is 10.3 Å². The van der Waals surface area contributed by atoms with Crippen molar-refractivity contribution in [2.24, 2.45) is 5.73 Å². The first-order valence-electron chi connectivity index (χ1n) is 13.1. The van der Waals surface area contributed by atoms with Crippen LogP contribution >= 0.6 is 0 Å². The predicted octanol–water partition coefficient (Wildman–Crippen LogP) is 5.41. The molecule has 2 atom stereocenters. The molecule has 0 amide bonds. The fourth-order valence-corrected chi connectivity index (χ4v) is 4.74. The lowest BCUT2D eigenvalue weighted by molar-refractivity contribution is 0.0996. The van der Waals surface area contributed by atoms with Crippen molar-refractivity contribution in [3.63, 3.8) is 0 Å². The van der Waals surface area contributed by atoms with E-state index in [1.807, 2.05) is 54.6 Å². The van der Waals surface area contributed by atoms with Gasteiger partial charge in [-0.2, -0.15) is 0 Å². The maximum atomic E-state index is 10.7. The molecule has 4 aromatic carbocycles. The van der Waals surface area contributed by atoms with E-state index in [9.17, 15) is 10.2 Å². The molecule has 39 heavy (non-hydrogen) atoms. The number of aromatic amines is 1. The van der Waals surface area contributed by atoms with Crippen LogP contribution in [0.15, 0.2) is 91.0 Å². The predicted molar refractivity (Wildman–Crippen MR) is 155 cm³/mol. The van der Waals surface area contributed by atoms with Crippen molar-refractivity contribution in [3.05, 3.63) is 102 Å². The first-order valence-corrected chi connectivity index (χ1v) is 13.1. The highest BCUT2D eigenvalue weighted by atomic mass is 16.5. The third-order valence-electron chi connectivity index (χ3n) is 6.77. The van der Waals surface area contributed by atoms with Crippen LogP contribution in [0.1, 0.15) is 31.2 Å². The number of aromatic nitrogens is 1. The van der Waals surface area contributed by atoms with E-state index in [1.165, 1.54) is 0 Å². The van der Waals surface area contributed by atoms with E-state index in [0.717, 1.165) is 45.3 Å². The van der Waals surface area contributed by atoms with Gasteiger partial charge in [0.2, 0.25) is 0 Å². The minimum atomic E-state index is -0.996. The zero-order valence-corrected chi connectivity index (χ0v) is 22.2. The van der Waals surface area contributed by atoms with Crippen LogP contribution < -0.4 is 20.5 Å². The molecule has 1 heterocycles. The molecule has 0 aliphatic heterocycles. The summed E-state index contributed by atoms with van der Waals surface area (Å²) in [4.78, 5) is 3.42. The number of β-amino-alcohol motifs (C(OH)–C–C–N with tert-alkyl or cyclic N) is 1. The molecular formula is C32H35N3O4. The number of hydrogen-bond acceptors (Lipinski definition) is 6. The van der Waals surface area contributed by atoms with Gasteiger partial charge < -0.3 is 35.7 Å². The summed E-state index contributed by atoms with van der Waals surface area (Å²) in [7, 11) is 0. The number of nitrogens with one attached hydrogen (secondary N) is 2. The number of aliphatic hydroxyl groups excluding tert-OH is 2. The summed E-state index contributed by atoms with van der Waals surface area (Å²) in [5, 5.41) is 25.7. The zero-order chi connectivity index (χ0) is 27.4. The molecule has 0 fully saturated rings. The van der Waals surface area contributed by atoms with Gasteiger partial charge in [0, 0.05) is 28.4 Å². The molecule has 5 rings (SSSR count). The molecular weight excluding hydrogens is 490 g/mol. The van der Waals surface area contributed by atoms with Crippen LogP contribution in [-0.4, -0.2) is 40.0 Å². The summed E-state index contributed by atoms with van der Waals surface area (Å²) in [6.07, 6.45) is -0.880. The van der Waals surface area contributed by atoms with Crippen molar-refractivity contribution in [1.29, 1.82) is 0 Å². The second-order valence-corrected chi connectivity index (χ2v) is 10.5. The standard InChI is InChI=1S/C32H35N3O4/c1-32(2,18-21-10-14-24(15-11-21)39-25-16-12-22(13-17-25)31(33)37)34-19-23(36)20-38-29-9-5-8-28-30(29)26-6-3-4-7-27(26)35-28/h3-17,23,31,34-37H,18-20,33H2,1-2H3/t23-,31?/m0/s1. The molecule has 0 saturated heterocycles. The average molecular weight is 526 g/mol. The first-order chi connectivity index (χ1) is 18.8. The highest BCUT2D eigenvalue weighted by molar-refractivity contribution is 6.10. The molecule has 0 bridgehead atoms. The first kappa shape index (κ1) is 26.7. The fraction of sp³-hybridized carbons (Fsp3) is 0.250. The molecule has 7 nitrogen and oxygen atoms in total. The number of ether oxygens (including phenoxy) is 2. The Hall–Kier alpha value is -3.88. The molecule has 0 radical (unpaired) electrons. The second-order valence-electron chi connectivity index (χ2n) is 10.5. The lowest BCUT2D eigenvalue weighted by atomic mass is 9.94. The average Bonchev–Trinajstić information content (AvgIpc) is 3.31. The van der Waals surface area contributed by atoms with Gasteiger partial charge >= 0.3 is 0 Å². The van der Waals surface area contributed by atoms with Crippen LogP contribution in [0.5, 0.6) is 17.2 Å². The van der Waals surface area contributed by atoms with E-state index in [-0.39, 0.29) is 12.1 Å². The smallest absolute Gasteiger partial charge is 0.129 e. The van der Waals surface area contributed by atoms with Crippen molar-refractivity contribution in [2.45, 2.75) is 38.1 Å². The molecule has 1 aromatic heterocycles. The Balaban J connectivity index is 1.12. The van der Waals surface area contributed by atoms with Gasteiger partial charge in [-0.3, -0.25) is 0 Å². The molecule has 1 unspecified atom stereocenters. The summed E-state index contributed by atoms with van der Waals surface area (Å²) in [5.74, 6) is 2.16. The molecule has 0 aliphatic carbocycles. The lowest BCUT2D eigenvalue weighted by Gasteiger charge is -2.28. The van der Waals surface area contributed by atoms with Crippen LogP contribution in [0.3, 0.4) is 0 Å². The van der Waals surface area contributed by atoms with Gasteiger partial charge in [0.1, 0.15) is 36.2 Å². The minimum Gasteiger partial charge on any atom is -0.490 e. The quantitative estimate of drug-likeness (QED) is 0.147. The van der Waals surface area contributed by atoms with Gasteiger partial charge in [0.05, 0.1) is 5.52 Å². The van der Waals surface area contributed by atoms with E-state index in [1.54, 1.807) is 24.3 Å². The summed E-state index contributed by atoms with van der Waals surface area (Å²) >= 11 is 0. The number of rotatable bonds is 11. The number of para-hydroxylation sites is 1. The summed E-state index contributed by atoms with van der Waals surface area (Å²) in [5.41, 5.74) is 9.11. The van der Waals surface area contributed by atoms with Gasteiger partial charge in [-0.1, -0.05) is 48.5 Å². The van der Waals surface area contributed by atoms with Crippen molar-refractivity contribution in [2.75, 3.05) is 13.2 Å². The Bertz CT molecular complexity index is 1530. The maximum absolute atomic E-state index is 10.7. The van der Waals surface area contributed by atoms with Gasteiger partial charge in [-0.05, 0) is 73.9 Å². The number of H-pyrrole nitrogens is 1. The normalized spacial score (nSPS) is 13.5. The van der Waals surface area contributed by atoms with Crippen LogP contribution in [0.2, 0.25) is 0 Å². The lowest BCUT2D eigenvalue weighted by Crippen LogP contribution is -2.46. The Kier molecular flexibility index (Phi) is 7.86. The Labute approximate surface area is 228 Å². The summed E-state index contributed by atoms with van der Waals surface area (Å²) in [6.45, 7) is 4.83. The van der Waals surface area contributed by atoms with Gasteiger partial charge in [-0.25, -0.2) is 0 Å². The molecule has 5 aromatic rings. The Morgan fingerprint density at radius 2 is 1.51 bits per heavy atom. The number of hydrogen-bond donors (Lipinski definition) is 5. The summed E-state index contributed by atoms with van der Waals surface area (Å²) in [6, 6.07) is 29.1. The second kappa shape index (κ2) is 11.5. The zero-order valence-electron chi connectivity index (χ0n) is 22.2. The molecule has 6 N–H and O–H groups in total. The molecule has 0 aliphatic rings. The van der Waals surface area contributed by atoms with Crippen LogP contribution in [0, 0.1) is 0 Å². The molecule has 0 spiro atoms. The molecule has 0 saturated carbocycles. The molecule has 202 valence electrons. The SMILES string of the molecule is CC(C)(Cc1ccc(Oc2ccc(C(N)O)cc2)cc1)NC[C@H](O)COc1cccc2[nH]c3ccccc3c12. The topological polar surface area (TPSA) is 113 Å². The van der Waals surface area contributed by atoms with Gasteiger partial charge in [0.25, 0.3) is 0 Å². The minimum absolute atomic E-state index is 0.193. The van der Waals surface area contributed by atoms with Crippen LogP contribution in [0.25, 0.3) is 21.8 Å². The number of aliphatic hydroxyl groups is 2. The Morgan fingerprint density at radius 1 is 0.846 bits per heavy atom. The fourth-order valence-electron chi connectivity index (χ4n) is 4.74. The monoisotopic (exact) mass is 525 g/mol. The van der Waals surface area contributed by atoms with Gasteiger partial charge in [0.15, 0.2) is 0 Å². The van der Waals surface area contributed by atoms with Crippen molar-refractivity contribution >= 4 is 21.8 Å². The molecule has 7 heteroatoms. The maximum Gasteiger partial charge on any atom is 0.129 e. The number of benzene rings is 4. The highest BCUT2D eigenvalue weighted by Crippen LogP contribution is 2.33. The van der Waals surface area contributed by atoms with Crippen molar-refractivity contribution in [3.8, 4) is 17.2 Å². The van der Waals surface area contributed by atoms with Gasteiger partial charge in [-0.15, -0.1) is 0 Å². The summed E-state index contributed by atoms with van der Waals surface area (Å²) < 4.78 is 12.0. The van der Waals surface area contributed by atoms with E-state index in [0.29, 0.717) is 17.9 Å². The largest absolute Gasteiger partial charge is 0.490 e. The van der Waals surface area contributed by atoms with Crippen LogP contribution in [-0.2, 0) is 6.42 Å². The van der Waals surface area contributed by atoms with Crippen LogP contribution in [0.4, 0.5) is 0 Å².